The predicted octanol–water partition coefficient (Wildman–Crippen LogP) is 3.01. The van der Waals surface area contributed by atoms with E-state index in [4.69, 9.17) is 4.74 Å². The van der Waals surface area contributed by atoms with Crippen LogP contribution in [-0.4, -0.2) is 39.9 Å². The van der Waals surface area contributed by atoms with Gasteiger partial charge in [-0.3, -0.25) is 4.79 Å². The van der Waals surface area contributed by atoms with Crippen LogP contribution < -0.4 is 10.6 Å². The number of carbonyl (C=O) groups is 1. The average molecular weight is 391 g/mol. The van der Waals surface area contributed by atoms with E-state index in [1.54, 1.807) is 6.20 Å². The first-order valence-corrected chi connectivity index (χ1v) is 10.2. The number of benzene rings is 1. The van der Waals surface area contributed by atoms with Gasteiger partial charge in [-0.1, -0.05) is 12.1 Å². The zero-order chi connectivity index (χ0) is 19.8. The van der Waals surface area contributed by atoms with Crippen LogP contribution in [0, 0.1) is 0 Å². The van der Waals surface area contributed by atoms with Crippen LogP contribution in [0.2, 0.25) is 0 Å². The summed E-state index contributed by atoms with van der Waals surface area (Å²) >= 11 is 0. The third kappa shape index (κ3) is 3.42. The summed E-state index contributed by atoms with van der Waals surface area (Å²) in [7, 11) is 0. The maximum absolute atomic E-state index is 12.9. The molecule has 7 nitrogen and oxygen atoms in total. The Morgan fingerprint density at radius 2 is 2.28 bits per heavy atom. The van der Waals surface area contributed by atoms with E-state index < -0.39 is 0 Å². The molecule has 0 radical (unpaired) electrons. The van der Waals surface area contributed by atoms with Crippen LogP contribution in [0.1, 0.15) is 42.8 Å². The molecule has 4 heterocycles. The second-order valence-corrected chi connectivity index (χ2v) is 7.75. The largest absolute Gasteiger partial charge is 0.362 e. The Hall–Kier alpha value is -3.06. The molecular weight excluding hydrogens is 366 g/mol. The second kappa shape index (κ2) is 7.40. The maximum Gasteiger partial charge on any atom is 0.252 e. The molecule has 0 saturated carbocycles. The second-order valence-electron chi connectivity index (χ2n) is 7.75. The normalized spacial score (nSPS) is 23.4. The molecule has 3 aliphatic rings. The van der Waals surface area contributed by atoms with Crippen molar-refractivity contribution in [3.63, 3.8) is 0 Å². The number of amides is 1. The molecule has 29 heavy (non-hydrogen) atoms. The average Bonchev–Trinajstić information content (AvgIpc) is 3.36. The van der Waals surface area contributed by atoms with Gasteiger partial charge in [0.15, 0.2) is 6.23 Å². The Morgan fingerprint density at radius 1 is 1.34 bits per heavy atom. The van der Waals surface area contributed by atoms with E-state index in [1.165, 1.54) is 5.57 Å². The highest BCUT2D eigenvalue weighted by Crippen LogP contribution is 2.27. The topological polar surface area (TPSA) is 71.4 Å². The van der Waals surface area contributed by atoms with E-state index in [9.17, 15) is 4.79 Å². The van der Waals surface area contributed by atoms with Gasteiger partial charge in [-0.15, -0.1) is 0 Å². The van der Waals surface area contributed by atoms with Crippen molar-refractivity contribution in [3.8, 4) is 0 Å². The lowest BCUT2D eigenvalue weighted by molar-refractivity contribution is -0.0366. The fraction of sp³-hybridized carbons (Fsp3) is 0.364. The van der Waals surface area contributed by atoms with Crippen LogP contribution in [0.25, 0.3) is 10.9 Å². The first-order chi connectivity index (χ1) is 14.2. The fourth-order valence-electron chi connectivity index (χ4n) is 4.13. The van der Waals surface area contributed by atoms with Gasteiger partial charge in [0.2, 0.25) is 0 Å². The standard InChI is InChI=1S/C22H25N5O2/c1-15-8-9-20-25-16(14-26(20)13-15)11-23-22(28)17-5-4-6-19-18(17)12-24-27(19)21-7-2-3-10-29-21/h4-6,8-9,12-14,20-21,25H,2-3,7,10-11H2,1H3,(H,23,28). The summed E-state index contributed by atoms with van der Waals surface area (Å²) in [5.41, 5.74) is 3.76. The molecule has 2 N–H and O–H groups in total. The minimum absolute atomic E-state index is 0.0469. The van der Waals surface area contributed by atoms with Crippen molar-refractivity contribution >= 4 is 16.8 Å². The molecule has 0 aliphatic carbocycles. The van der Waals surface area contributed by atoms with Crippen molar-refractivity contribution in [1.82, 2.24) is 25.3 Å². The van der Waals surface area contributed by atoms with Gasteiger partial charge in [-0.05, 0) is 50.0 Å². The van der Waals surface area contributed by atoms with E-state index in [-0.39, 0.29) is 18.3 Å². The van der Waals surface area contributed by atoms with Gasteiger partial charge in [0.25, 0.3) is 5.91 Å². The van der Waals surface area contributed by atoms with Crippen molar-refractivity contribution in [2.75, 3.05) is 13.2 Å². The molecule has 5 rings (SSSR count). The lowest BCUT2D eigenvalue weighted by Crippen LogP contribution is -2.35. The van der Waals surface area contributed by atoms with Crippen molar-refractivity contribution < 1.29 is 9.53 Å². The van der Waals surface area contributed by atoms with E-state index in [1.807, 2.05) is 29.1 Å². The molecule has 3 aliphatic heterocycles. The zero-order valence-corrected chi connectivity index (χ0v) is 16.5. The van der Waals surface area contributed by atoms with Crippen molar-refractivity contribution in [3.05, 3.63) is 65.8 Å². The summed E-state index contributed by atoms with van der Waals surface area (Å²) in [6.45, 7) is 3.28. The monoisotopic (exact) mass is 391 g/mol. The maximum atomic E-state index is 12.9. The van der Waals surface area contributed by atoms with Gasteiger partial charge in [0.1, 0.15) is 6.17 Å². The van der Waals surface area contributed by atoms with Crippen molar-refractivity contribution in [2.24, 2.45) is 0 Å². The first kappa shape index (κ1) is 18.0. The number of nitrogens with zero attached hydrogens (tertiary/aromatic N) is 3. The first-order valence-electron chi connectivity index (χ1n) is 10.2. The lowest BCUT2D eigenvalue weighted by atomic mass is 10.1. The number of aromatic nitrogens is 2. The van der Waals surface area contributed by atoms with Crippen molar-refractivity contribution in [1.29, 1.82) is 0 Å². The quantitative estimate of drug-likeness (QED) is 0.838. The summed E-state index contributed by atoms with van der Waals surface area (Å²) in [5.74, 6) is -0.102. The summed E-state index contributed by atoms with van der Waals surface area (Å²) < 4.78 is 7.78. The molecule has 2 atom stereocenters. The van der Waals surface area contributed by atoms with E-state index in [0.29, 0.717) is 12.1 Å². The summed E-state index contributed by atoms with van der Waals surface area (Å²) in [4.78, 5) is 15.0. The van der Waals surface area contributed by atoms with E-state index in [2.05, 4.69) is 45.9 Å². The minimum atomic E-state index is -0.102. The highest BCUT2D eigenvalue weighted by atomic mass is 16.5. The molecule has 150 valence electrons. The number of carbonyl (C=O) groups excluding carboxylic acids is 1. The molecule has 1 aromatic carbocycles. The minimum Gasteiger partial charge on any atom is -0.362 e. The number of allylic oxidation sites excluding steroid dienone is 2. The molecule has 0 bridgehead atoms. The Morgan fingerprint density at radius 3 is 3.14 bits per heavy atom. The molecule has 7 heteroatoms. The molecular formula is C22H25N5O2. The number of ether oxygens (including phenoxy) is 1. The summed E-state index contributed by atoms with van der Waals surface area (Å²) in [5, 5.41) is 11.8. The van der Waals surface area contributed by atoms with Gasteiger partial charge in [-0.2, -0.15) is 5.10 Å². The van der Waals surface area contributed by atoms with Gasteiger partial charge in [0.05, 0.1) is 23.8 Å². The van der Waals surface area contributed by atoms with E-state index >= 15 is 0 Å². The summed E-state index contributed by atoms with van der Waals surface area (Å²) in [6, 6.07) is 5.75. The molecule has 1 fully saturated rings. The number of nitrogens with one attached hydrogen (secondary N) is 2. The Kier molecular flexibility index (Phi) is 4.60. The Labute approximate surface area is 169 Å². The molecule has 1 amide bonds. The molecule has 2 unspecified atom stereocenters. The Balaban J connectivity index is 1.31. The van der Waals surface area contributed by atoms with Crippen LogP contribution in [0.4, 0.5) is 0 Å². The van der Waals surface area contributed by atoms with Crippen LogP contribution >= 0.6 is 0 Å². The van der Waals surface area contributed by atoms with Crippen LogP contribution in [-0.2, 0) is 4.74 Å². The summed E-state index contributed by atoms with van der Waals surface area (Å²) in [6.07, 6.45) is 13.4. The van der Waals surface area contributed by atoms with Gasteiger partial charge < -0.3 is 20.3 Å². The van der Waals surface area contributed by atoms with Crippen LogP contribution in [0.5, 0.6) is 0 Å². The van der Waals surface area contributed by atoms with Gasteiger partial charge >= 0.3 is 0 Å². The predicted molar refractivity (Wildman–Crippen MR) is 111 cm³/mol. The molecule has 2 aromatic rings. The highest BCUT2D eigenvalue weighted by Gasteiger charge is 2.23. The molecule has 1 aromatic heterocycles. The number of hydrogen-bond donors (Lipinski definition) is 2. The number of hydrogen-bond acceptors (Lipinski definition) is 5. The molecule has 0 spiro atoms. The van der Waals surface area contributed by atoms with Crippen LogP contribution in [0.3, 0.4) is 0 Å². The van der Waals surface area contributed by atoms with E-state index in [0.717, 1.165) is 42.5 Å². The highest BCUT2D eigenvalue weighted by molar-refractivity contribution is 6.06. The zero-order valence-electron chi connectivity index (χ0n) is 16.5. The van der Waals surface area contributed by atoms with Gasteiger partial charge in [0, 0.05) is 30.1 Å². The number of fused-ring (bicyclic) bond motifs is 2. The SMILES string of the molecule is CC1=CN2C=C(CNC(=O)c3cccc4c3cnn4C3CCCCO3)NC2C=C1. The van der Waals surface area contributed by atoms with Gasteiger partial charge in [-0.25, -0.2) is 4.68 Å². The lowest BCUT2D eigenvalue weighted by Gasteiger charge is -2.23. The molecule has 1 saturated heterocycles. The number of rotatable bonds is 4. The fourth-order valence-corrected chi connectivity index (χ4v) is 4.13. The smallest absolute Gasteiger partial charge is 0.252 e. The van der Waals surface area contributed by atoms with Crippen molar-refractivity contribution in [2.45, 2.75) is 38.6 Å². The Bertz CT molecular complexity index is 1030. The third-order valence-corrected chi connectivity index (χ3v) is 5.61. The third-order valence-electron chi connectivity index (χ3n) is 5.61. The van der Waals surface area contributed by atoms with Crippen LogP contribution in [0.15, 0.2) is 60.2 Å².